The fraction of sp³-hybridized carbons (Fsp3) is 0.333. The number of hydrogen-bond donors (Lipinski definition) is 1. The highest BCUT2D eigenvalue weighted by Gasteiger charge is 2.25. The number of amides is 2. The summed E-state index contributed by atoms with van der Waals surface area (Å²) in [6, 6.07) is 12.3. The molecule has 1 heterocycles. The van der Waals surface area contributed by atoms with Crippen molar-refractivity contribution in [2.24, 2.45) is 0 Å². The van der Waals surface area contributed by atoms with Crippen LogP contribution in [0.5, 0.6) is 0 Å². The summed E-state index contributed by atoms with van der Waals surface area (Å²) in [7, 11) is 0. The SMILES string of the molecule is CC(=O)N1CCN(c2ccc(C(=O)NCc3ccc(C)cc3)cc2[N+](=O)[O-])CC1. The summed E-state index contributed by atoms with van der Waals surface area (Å²) in [5.41, 5.74) is 2.70. The first-order valence-electron chi connectivity index (χ1n) is 9.48. The van der Waals surface area contributed by atoms with Gasteiger partial charge in [-0.2, -0.15) is 0 Å². The van der Waals surface area contributed by atoms with Crippen LogP contribution in [0.15, 0.2) is 42.5 Å². The van der Waals surface area contributed by atoms with Crippen LogP contribution < -0.4 is 10.2 Å². The lowest BCUT2D eigenvalue weighted by Crippen LogP contribution is -2.48. The number of carbonyl (C=O) groups excluding carboxylic acids is 2. The summed E-state index contributed by atoms with van der Waals surface area (Å²) in [6.07, 6.45) is 0. The van der Waals surface area contributed by atoms with Crippen LogP contribution in [0.4, 0.5) is 11.4 Å². The Labute approximate surface area is 169 Å². The first-order chi connectivity index (χ1) is 13.8. The zero-order valence-corrected chi connectivity index (χ0v) is 16.6. The fourth-order valence-electron chi connectivity index (χ4n) is 3.33. The average molecular weight is 396 g/mol. The van der Waals surface area contributed by atoms with Crippen molar-refractivity contribution in [3.05, 3.63) is 69.3 Å². The molecule has 0 spiro atoms. The van der Waals surface area contributed by atoms with E-state index in [1.54, 1.807) is 17.0 Å². The largest absolute Gasteiger partial charge is 0.362 e. The van der Waals surface area contributed by atoms with E-state index in [1.807, 2.05) is 36.1 Å². The van der Waals surface area contributed by atoms with E-state index in [0.29, 0.717) is 38.4 Å². The maximum Gasteiger partial charge on any atom is 0.293 e. The summed E-state index contributed by atoms with van der Waals surface area (Å²) in [5, 5.41) is 14.4. The number of aryl methyl sites for hydroxylation is 1. The summed E-state index contributed by atoms with van der Waals surface area (Å²) in [5.74, 6) is -0.360. The lowest BCUT2D eigenvalue weighted by Gasteiger charge is -2.35. The van der Waals surface area contributed by atoms with Crippen molar-refractivity contribution in [1.82, 2.24) is 10.2 Å². The third-order valence-electron chi connectivity index (χ3n) is 5.07. The van der Waals surface area contributed by atoms with Gasteiger partial charge in [0, 0.05) is 51.3 Å². The van der Waals surface area contributed by atoms with Gasteiger partial charge in [-0.3, -0.25) is 19.7 Å². The topological polar surface area (TPSA) is 95.8 Å². The quantitative estimate of drug-likeness (QED) is 0.619. The summed E-state index contributed by atoms with van der Waals surface area (Å²) in [4.78, 5) is 38.7. The third kappa shape index (κ3) is 4.90. The minimum Gasteiger partial charge on any atom is -0.362 e. The van der Waals surface area contributed by atoms with Crippen molar-refractivity contribution in [1.29, 1.82) is 0 Å². The second-order valence-electron chi connectivity index (χ2n) is 7.12. The molecule has 2 amide bonds. The smallest absolute Gasteiger partial charge is 0.293 e. The zero-order chi connectivity index (χ0) is 21.0. The van der Waals surface area contributed by atoms with Crippen molar-refractivity contribution in [3.8, 4) is 0 Å². The van der Waals surface area contributed by atoms with E-state index in [-0.39, 0.29) is 23.1 Å². The number of anilines is 1. The predicted molar refractivity (Wildman–Crippen MR) is 110 cm³/mol. The van der Waals surface area contributed by atoms with Gasteiger partial charge in [-0.05, 0) is 24.6 Å². The van der Waals surface area contributed by atoms with E-state index < -0.39 is 4.92 Å². The minimum absolute atomic E-state index is 0.000236. The molecule has 2 aromatic rings. The van der Waals surface area contributed by atoms with Gasteiger partial charge in [0.2, 0.25) is 5.91 Å². The first-order valence-corrected chi connectivity index (χ1v) is 9.48. The molecule has 0 aromatic heterocycles. The number of nitro benzene ring substituents is 1. The Kier molecular flexibility index (Phi) is 6.11. The van der Waals surface area contributed by atoms with Crippen molar-refractivity contribution >= 4 is 23.2 Å². The number of nitrogens with zero attached hydrogens (tertiary/aromatic N) is 3. The molecule has 1 N–H and O–H groups in total. The average Bonchev–Trinajstić information content (AvgIpc) is 2.72. The normalized spacial score (nSPS) is 13.9. The summed E-state index contributed by atoms with van der Waals surface area (Å²) < 4.78 is 0. The van der Waals surface area contributed by atoms with Gasteiger partial charge in [-0.25, -0.2) is 0 Å². The third-order valence-corrected chi connectivity index (χ3v) is 5.07. The molecule has 0 unspecified atom stereocenters. The zero-order valence-electron chi connectivity index (χ0n) is 16.6. The molecular formula is C21H24N4O4. The Bertz CT molecular complexity index is 919. The standard InChI is InChI=1S/C21H24N4O4/c1-15-3-5-17(6-4-15)14-22-21(27)18-7-8-19(20(13-18)25(28)29)24-11-9-23(10-12-24)16(2)26/h3-8,13H,9-12,14H2,1-2H3,(H,22,27). The van der Waals surface area contributed by atoms with Crippen molar-refractivity contribution in [2.45, 2.75) is 20.4 Å². The highest BCUT2D eigenvalue weighted by Crippen LogP contribution is 2.30. The molecule has 0 radical (unpaired) electrons. The summed E-state index contributed by atoms with van der Waals surface area (Å²) in [6.45, 7) is 5.92. The molecule has 1 fully saturated rings. The van der Waals surface area contributed by atoms with E-state index in [9.17, 15) is 19.7 Å². The maximum absolute atomic E-state index is 12.5. The van der Waals surface area contributed by atoms with Gasteiger partial charge in [-0.15, -0.1) is 0 Å². The van der Waals surface area contributed by atoms with Crippen molar-refractivity contribution < 1.29 is 14.5 Å². The Morgan fingerprint density at radius 1 is 1.07 bits per heavy atom. The molecule has 152 valence electrons. The Morgan fingerprint density at radius 2 is 1.72 bits per heavy atom. The molecule has 1 aliphatic rings. The molecule has 8 nitrogen and oxygen atoms in total. The molecule has 1 saturated heterocycles. The number of benzene rings is 2. The molecule has 8 heteroatoms. The maximum atomic E-state index is 12.5. The number of rotatable bonds is 5. The van der Waals surface area contributed by atoms with Crippen LogP contribution in [0.1, 0.15) is 28.4 Å². The molecular weight excluding hydrogens is 372 g/mol. The number of piperazine rings is 1. The summed E-state index contributed by atoms with van der Waals surface area (Å²) >= 11 is 0. The highest BCUT2D eigenvalue weighted by atomic mass is 16.6. The second-order valence-corrected chi connectivity index (χ2v) is 7.12. The van der Waals surface area contributed by atoms with E-state index >= 15 is 0 Å². The predicted octanol–water partition coefficient (Wildman–Crippen LogP) is 2.50. The molecule has 3 rings (SSSR count). The molecule has 29 heavy (non-hydrogen) atoms. The van der Waals surface area contributed by atoms with Gasteiger partial charge in [0.05, 0.1) is 4.92 Å². The Balaban J connectivity index is 1.72. The van der Waals surface area contributed by atoms with Gasteiger partial charge in [0.25, 0.3) is 11.6 Å². The number of nitro groups is 1. The number of carbonyl (C=O) groups is 2. The van der Waals surface area contributed by atoms with Crippen molar-refractivity contribution in [2.75, 3.05) is 31.1 Å². The van der Waals surface area contributed by atoms with E-state index in [4.69, 9.17) is 0 Å². The van der Waals surface area contributed by atoms with Crippen molar-refractivity contribution in [3.63, 3.8) is 0 Å². The second kappa shape index (κ2) is 8.72. The van der Waals surface area contributed by atoms with E-state index in [2.05, 4.69) is 5.32 Å². The number of hydrogen-bond acceptors (Lipinski definition) is 5. The first kappa shape index (κ1) is 20.3. The minimum atomic E-state index is -0.469. The van der Waals surface area contributed by atoms with Gasteiger partial charge >= 0.3 is 0 Å². The van der Waals surface area contributed by atoms with Gasteiger partial charge in [0.1, 0.15) is 5.69 Å². The van der Waals surface area contributed by atoms with Gasteiger partial charge in [0.15, 0.2) is 0 Å². The lowest BCUT2D eigenvalue weighted by molar-refractivity contribution is -0.384. The van der Waals surface area contributed by atoms with E-state index in [0.717, 1.165) is 11.1 Å². The van der Waals surface area contributed by atoms with Gasteiger partial charge in [-0.1, -0.05) is 29.8 Å². The van der Waals surface area contributed by atoms with Crippen LogP contribution in [0.2, 0.25) is 0 Å². The molecule has 0 saturated carbocycles. The fourth-order valence-corrected chi connectivity index (χ4v) is 3.33. The molecule has 0 bridgehead atoms. The molecule has 2 aromatic carbocycles. The van der Waals surface area contributed by atoms with Gasteiger partial charge < -0.3 is 15.1 Å². The molecule has 0 atom stereocenters. The van der Waals surface area contributed by atoms with Crippen LogP contribution in [-0.4, -0.2) is 47.8 Å². The van der Waals surface area contributed by atoms with Crippen LogP contribution in [0.25, 0.3) is 0 Å². The number of nitrogens with one attached hydrogen (secondary N) is 1. The Morgan fingerprint density at radius 3 is 2.31 bits per heavy atom. The van der Waals surface area contributed by atoms with Crippen LogP contribution in [0.3, 0.4) is 0 Å². The van der Waals surface area contributed by atoms with Crippen LogP contribution in [-0.2, 0) is 11.3 Å². The lowest BCUT2D eigenvalue weighted by atomic mass is 10.1. The molecule has 0 aliphatic carbocycles. The van der Waals surface area contributed by atoms with Crippen LogP contribution >= 0.6 is 0 Å². The highest BCUT2D eigenvalue weighted by molar-refractivity contribution is 5.95. The Hall–Kier alpha value is -3.42. The van der Waals surface area contributed by atoms with E-state index in [1.165, 1.54) is 13.0 Å². The van der Waals surface area contributed by atoms with Crippen LogP contribution in [0, 0.1) is 17.0 Å². The monoisotopic (exact) mass is 396 g/mol. The molecule has 1 aliphatic heterocycles.